The second kappa shape index (κ2) is 8.02. The number of rotatable bonds is 6. The second-order valence-corrected chi connectivity index (χ2v) is 10.00. The summed E-state index contributed by atoms with van der Waals surface area (Å²) in [5, 5.41) is 2.98. The molecule has 3 heterocycles. The van der Waals surface area contributed by atoms with Gasteiger partial charge >= 0.3 is 0 Å². The molecule has 0 unspecified atom stereocenters. The first-order valence-electron chi connectivity index (χ1n) is 8.89. The lowest BCUT2D eigenvalue weighted by Gasteiger charge is -2.09. The Balaban J connectivity index is 1.93. The highest BCUT2D eigenvalue weighted by atomic mass is 32.2. The van der Waals surface area contributed by atoms with Gasteiger partial charge in [-0.05, 0) is 46.2 Å². The van der Waals surface area contributed by atoms with E-state index in [-0.39, 0.29) is 0 Å². The third-order valence-corrected chi connectivity index (χ3v) is 8.30. The first-order valence-corrected chi connectivity index (χ1v) is 11.9. The van der Waals surface area contributed by atoms with Crippen molar-refractivity contribution in [2.75, 3.05) is 11.5 Å². The van der Waals surface area contributed by atoms with Gasteiger partial charge in [0.25, 0.3) is 0 Å². The van der Waals surface area contributed by atoms with Crippen molar-refractivity contribution in [2.24, 2.45) is 0 Å². The summed E-state index contributed by atoms with van der Waals surface area (Å²) >= 11 is 2.06. The van der Waals surface area contributed by atoms with Crippen molar-refractivity contribution in [3.05, 3.63) is 53.9 Å². The van der Waals surface area contributed by atoms with Crippen LogP contribution in [0.25, 0.3) is 31.9 Å². The van der Waals surface area contributed by atoms with Crippen LogP contribution in [-0.4, -0.2) is 15.3 Å². The topological polar surface area (TPSA) is 62.0 Å². The van der Waals surface area contributed by atoms with Crippen LogP contribution in [0.4, 0.5) is 5.69 Å². The van der Waals surface area contributed by atoms with Crippen LogP contribution in [-0.2, 0) is 11.2 Å². The summed E-state index contributed by atoms with van der Waals surface area (Å²) in [4.78, 5) is 6.84. The Bertz CT molecular complexity index is 1040. The van der Waals surface area contributed by atoms with E-state index >= 15 is 0 Å². The number of anilines is 1. The van der Waals surface area contributed by atoms with Gasteiger partial charge in [0.1, 0.15) is 16.3 Å². The standard InChI is InChI=1S/C21H20N2OS3/c1-2-3-12-27(24)21-19(22)18-15(14-8-5-4-6-9-14)13-16(23-20(18)26-21)17-10-7-11-25-17/h4-11,13H,2-3,12,22H2,1H3/t27-/m0/s1. The van der Waals surface area contributed by atoms with E-state index in [1.165, 1.54) is 11.3 Å². The maximum Gasteiger partial charge on any atom is 0.232 e. The number of pyridine rings is 1. The molecule has 0 saturated heterocycles. The van der Waals surface area contributed by atoms with E-state index in [9.17, 15) is 4.55 Å². The molecule has 27 heavy (non-hydrogen) atoms. The number of hydrogen-bond acceptors (Lipinski definition) is 5. The fourth-order valence-electron chi connectivity index (χ4n) is 3.03. The smallest absolute Gasteiger partial charge is 0.232 e. The normalized spacial score (nSPS) is 12.5. The molecule has 1 aromatic carbocycles. The molecule has 2 N–H and O–H groups in total. The van der Waals surface area contributed by atoms with E-state index in [1.807, 2.05) is 24.3 Å². The minimum Gasteiger partial charge on any atom is -0.611 e. The minimum absolute atomic E-state index is 0.619. The zero-order valence-corrected chi connectivity index (χ0v) is 17.4. The van der Waals surface area contributed by atoms with E-state index in [0.29, 0.717) is 11.4 Å². The van der Waals surface area contributed by atoms with Crippen LogP contribution in [0.1, 0.15) is 19.8 Å². The summed E-state index contributed by atoms with van der Waals surface area (Å²) < 4.78 is 13.5. The van der Waals surface area contributed by atoms with Crippen molar-refractivity contribution >= 4 is 49.8 Å². The molecule has 1 atom stereocenters. The van der Waals surface area contributed by atoms with E-state index in [0.717, 1.165) is 49.0 Å². The SMILES string of the molecule is CCCC[S@+]([O-])c1sc2nc(-c3cccs3)cc(-c3ccccc3)c2c1N. The van der Waals surface area contributed by atoms with Crippen molar-refractivity contribution in [2.45, 2.75) is 24.0 Å². The maximum atomic E-state index is 12.8. The van der Waals surface area contributed by atoms with Gasteiger partial charge in [-0.2, -0.15) is 0 Å². The molecule has 3 nitrogen and oxygen atoms in total. The molecule has 0 bridgehead atoms. The largest absolute Gasteiger partial charge is 0.611 e. The van der Waals surface area contributed by atoms with Gasteiger partial charge in [-0.25, -0.2) is 4.98 Å². The summed E-state index contributed by atoms with van der Waals surface area (Å²) in [6.07, 6.45) is 1.95. The Morgan fingerprint density at radius 1 is 1.15 bits per heavy atom. The molecule has 0 fully saturated rings. The zero-order chi connectivity index (χ0) is 18.8. The van der Waals surface area contributed by atoms with E-state index < -0.39 is 11.2 Å². The fraction of sp³-hybridized carbons (Fsp3) is 0.190. The lowest BCUT2D eigenvalue weighted by atomic mass is 10.0. The highest BCUT2D eigenvalue weighted by Gasteiger charge is 2.24. The van der Waals surface area contributed by atoms with Gasteiger partial charge in [0.05, 0.1) is 10.6 Å². The summed E-state index contributed by atoms with van der Waals surface area (Å²) in [5.41, 5.74) is 10.2. The summed E-state index contributed by atoms with van der Waals surface area (Å²) in [6, 6.07) is 16.4. The molecule has 0 aliphatic rings. The molecule has 4 aromatic rings. The maximum absolute atomic E-state index is 12.8. The Labute approximate surface area is 170 Å². The second-order valence-electron chi connectivity index (χ2n) is 6.28. The quantitative estimate of drug-likeness (QED) is 0.385. The van der Waals surface area contributed by atoms with Crippen molar-refractivity contribution in [1.29, 1.82) is 0 Å². The molecule has 6 heteroatoms. The molecule has 0 aliphatic carbocycles. The van der Waals surface area contributed by atoms with Crippen LogP contribution in [0, 0.1) is 0 Å². The molecule has 138 valence electrons. The van der Waals surface area contributed by atoms with Crippen LogP contribution >= 0.6 is 22.7 Å². The van der Waals surface area contributed by atoms with Crippen LogP contribution in [0.2, 0.25) is 0 Å². The molecule has 4 rings (SSSR count). The van der Waals surface area contributed by atoms with Gasteiger partial charge in [0.2, 0.25) is 4.21 Å². The zero-order valence-electron chi connectivity index (χ0n) is 15.0. The Hall–Kier alpha value is -1.86. The number of nitrogens with zero attached hydrogens (tertiary/aromatic N) is 1. The molecular formula is C21H20N2OS3. The number of nitrogen functional groups attached to an aromatic ring is 1. The first-order chi connectivity index (χ1) is 13.2. The molecule has 0 radical (unpaired) electrons. The van der Waals surface area contributed by atoms with E-state index in [4.69, 9.17) is 10.7 Å². The summed E-state index contributed by atoms with van der Waals surface area (Å²) in [5.74, 6) is 0.645. The number of benzene rings is 1. The van der Waals surface area contributed by atoms with Gasteiger partial charge in [0, 0.05) is 5.39 Å². The lowest BCUT2D eigenvalue weighted by Crippen LogP contribution is -2.06. The number of fused-ring (bicyclic) bond motifs is 1. The minimum atomic E-state index is -1.08. The van der Waals surface area contributed by atoms with Crippen molar-refractivity contribution in [3.8, 4) is 21.7 Å². The average Bonchev–Trinajstić information content (AvgIpc) is 3.35. The first kappa shape index (κ1) is 18.5. The molecule has 3 aromatic heterocycles. The van der Waals surface area contributed by atoms with E-state index in [1.54, 1.807) is 11.3 Å². The van der Waals surface area contributed by atoms with Crippen molar-refractivity contribution < 1.29 is 4.55 Å². The van der Waals surface area contributed by atoms with Gasteiger partial charge in [0.15, 0.2) is 0 Å². The Morgan fingerprint density at radius 3 is 2.67 bits per heavy atom. The van der Waals surface area contributed by atoms with Gasteiger partial charge in [-0.3, -0.25) is 0 Å². The monoisotopic (exact) mass is 412 g/mol. The third kappa shape index (κ3) is 3.62. The van der Waals surface area contributed by atoms with Crippen LogP contribution in [0.5, 0.6) is 0 Å². The fourth-order valence-corrected chi connectivity index (χ4v) is 6.52. The molecular weight excluding hydrogens is 392 g/mol. The van der Waals surface area contributed by atoms with Gasteiger partial charge in [-0.1, -0.05) is 61.1 Å². The highest BCUT2D eigenvalue weighted by molar-refractivity contribution is 7.93. The number of thiophene rings is 2. The third-order valence-electron chi connectivity index (χ3n) is 4.41. The van der Waals surface area contributed by atoms with Crippen molar-refractivity contribution in [3.63, 3.8) is 0 Å². The van der Waals surface area contributed by atoms with Crippen LogP contribution < -0.4 is 5.73 Å². The number of hydrogen-bond donors (Lipinski definition) is 1. The average molecular weight is 413 g/mol. The van der Waals surface area contributed by atoms with Crippen molar-refractivity contribution in [1.82, 2.24) is 4.98 Å². The Kier molecular flexibility index (Phi) is 5.50. The molecule has 0 aliphatic heterocycles. The summed E-state index contributed by atoms with van der Waals surface area (Å²) in [6.45, 7) is 2.11. The predicted molar refractivity (Wildman–Crippen MR) is 119 cm³/mol. The van der Waals surface area contributed by atoms with Crippen LogP contribution in [0.15, 0.2) is 58.1 Å². The number of nitrogens with two attached hydrogens (primary N) is 1. The summed E-state index contributed by atoms with van der Waals surface area (Å²) in [7, 11) is 0. The predicted octanol–water partition coefficient (Wildman–Crippen LogP) is 6.18. The lowest BCUT2D eigenvalue weighted by molar-refractivity contribution is 0.594. The van der Waals surface area contributed by atoms with Crippen LogP contribution in [0.3, 0.4) is 0 Å². The van der Waals surface area contributed by atoms with E-state index in [2.05, 4.69) is 36.6 Å². The van der Waals surface area contributed by atoms with Gasteiger partial charge < -0.3 is 10.3 Å². The highest BCUT2D eigenvalue weighted by Crippen LogP contribution is 2.43. The Morgan fingerprint density at radius 2 is 1.96 bits per heavy atom. The van der Waals surface area contributed by atoms with Gasteiger partial charge in [-0.15, -0.1) is 11.3 Å². The molecule has 0 saturated carbocycles. The number of aromatic nitrogens is 1. The molecule has 0 spiro atoms. The number of unbranched alkanes of at least 4 members (excludes halogenated alkanes) is 1. The molecule has 0 amide bonds.